The summed E-state index contributed by atoms with van der Waals surface area (Å²) in [6, 6.07) is 8.79. The van der Waals surface area contributed by atoms with Crippen LogP contribution in [0.2, 0.25) is 0 Å². The van der Waals surface area contributed by atoms with Gasteiger partial charge in [0.1, 0.15) is 0 Å². The number of nitrogen functional groups attached to an aromatic ring is 1. The van der Waals surface area contributed by atoms with Gasteiger partial charge in [-0.2, -0.15) is 9.36 Å². The zero-order valence-corrected chi connectivity index (χ0v) is 10.8. The van der Waals surface area contributed by atoms with Gasteiger partial charge in [-0.1, -0.05) is 31.2 Å². The number of rotatable bonds is 4. The molecule has 0 aliphatic rings. The molecule has 3 N–H and O–H groups in total. The van der Waals surface area contributed by atoms with Gasteiger partial charge in [0, 0.05) is 11.5 Å². The van der Waals surface area contributed by atoms with Gasteiger partial charge in [-0.05, 0) is 24.5 Å². The van der Waals surface area contributed by atoms with Crippen molar-refractivity contribution in [2.75, 3.05) is 11.1 Å². The van der Waals surface area contributed by atoms with Crippen LogP contribution in [-0.4, -0.2) is 9.36 Å². The molecular weight excluding hydrogens is 232 g/mol. The van der Waals surface area contributed by atoms with Crippen molar-refractivity contribution < 1.29 is 0 Å². The van der Waals surface area contributed by atoms with E-state index in [2.05, 4.69) is 52.8 Å². The molecule has 4 nitrogen and oxygen atoms in total. The Morgan fingerprint density at radius 3 is 2.59 bits per heavy atom. The summed E-state index contributed by atoms with van der Waals surface area (Å²) < 4.78 is 3.94. The van der Waals surface area contributed by atoms with E-state index in [1.807, 2.05) is 0 Å². The Hall–Kier alpha value is -1.62. The van der Waals surface area contributed by atoms with E-state index in [0.29, 0.717) is 5.95 Å². The fourth-order valence-corrected chi connectivity index (χ4v) is 2.19. The Kier molecular flexibility index (Phi) is 3.58. The first-order valence-corrected chi connectivity index (χ1v) is 6.41. The van der Waals surface area contributed by atoms with Crippen molar-refractivity contribution in [1.82, 2.24) is 9.36 Å². The minimum atomic E-state index is 0.202. The Morgan fingerprint density at radius 2 is 2.06 bits per heavy atom. The molecule has 0 saturated heterocycles. The average Bonchev–Trinajstić information content (AvgIpc) is 2.75. The van der Waals surface area contributed by atoms with Crippen molar-refractivity contribution >= 4 is 22.6 Å². The fourth-order valence-electron chi connectivity index (χ4n) is 1.60. The lowest BCUT2D eigenvalue weighted by atomic mass is 10.1. The highest BCUT2D eigenvalue weighted by Crippen LogP contribution is 2.21. The highest BCUT2D eigenvalue weighted by Gasteiger charge is 2.08. The number of hydrogen-bond donors (Lipinski definition) is 2. The quantitative estimate of drug-likeness (QED) is 0.873. The summed E-state index contributed by atoms with van der Waals surface area (Å²) in [5, 5.41) is 4.04. The highest BCUT2D eigenvalue weighted by molar-refractivity contribution is 7.09. The lowest BCUT2D eigenvalue weighted by Gasteiger charge is -2.13. The number of nitrogens with two attached hydrogens (primary N) is 1. The normalized spacial score (nSPS) is 12.4. The van der Waals surface area contributed by atoms with Gasteiger partial charge in [0.25, 0.3) is 0 Å². The van der Waals surface area contributed by atoms with E-state index in [1.54, 1.807) is 0 Å². The minimum Gasteiger partial charge on any atom is -0.367 e. The first-order valence-electron chi connectivity index (χ1n) is 5.63. The van der Waals surface area contributed by atoms with E-state index in [1.165, 1.54) is 22.7 Å². The molecule has 1 unspecified atom stereocenters. The van der Waals surface area contributed by atoms with Crippen LogP contribution in [0, 0.1) is 0 Å². The summed E-state index contributed by atoms with van der Waals surface area (Å²) in [5.74, 6) is 0.325. The van der Waals surface area contributed by atoms with Gasteiger partial charge in [-0.3, -0.25) is 0 Å². The third-order valence-corrected chi connectivity index (χ3v) is 3.33. The van der Waals surface area contributed by atoms with Crippen LogP contribution in [-0.2, 0) is 6.42 Å². The van der Waals surface area contributed by atoms with Gasteiger partial charge < -0.3 is 11.1 Å². The molecule has 2 rings (SSSR count). The molecule has 0 radical (unpaired) electrons. The van der Waals surface area contributed by atoms with Gasteiger partial charge in [-0.25, -0.2) is 0 Å². The Morgan fingerprint density at radius 1 is 1.35 bits per heavy atom. The first-order chi connectivity index (χ1) is 8.19. The summed E-state index contributed by atoms with van der Waals surface area (Å²) in [5.41, 5.74) is 8.06. The van der Waals surface area contributed by atoms with Crippen LogP contribution in [0.15, 0.2) is 24.3 Å². The number of anilines is 2. The van der Waals surface area contributed by atoms with E-state index in [9.17, 15) is 0 Å². The molecule has 17 heavy (non-hydrogen) atoms. The standard InChI is InChI=1S/C12H16N4S/c1-3-9-4-6-10(7-5-9)8(2)14-12-15-11(13)16-17-12/h4-8H,3H2,1-2H3,(H3,13,14,15,16). The molecule has 1 atom stereocenters. The molecule has 0 bridgehead atoms. The molecule has 0 saturated carbocycles. The van der Waals surface area contributed by atoms with Crippen LogP contribution in [0.25, 0.3) is 0 Å². The average molecular weight is 248 g/mol. The molecule has 0 amide bonds. The van der Waals surface area contributed by atoms with E-state index < -0.39 is 0 Å². The van der Waals surface area contributed by atoms with Gasteiger partial charge in [0.15, 0.2) is 0 Å². The number of aromatic nitrogens is 2. The topological polar surface area (TPSA) is 63.8 Å². The highest BCUT2D eigenvalue weighted by atomic mass is 32.1. The maximum Gasteiger partial charge on any atom is 0.233 e. The number of nitrogens with zero attached hydrogens (tertiary/aromatic N) is 2. The number of benzene rings is 1. The van der Waals surface area contributed by atoms with Crippen molar-refractivity contribution in [1.29, 1.82) is 0 Å². The lowest BCUT2D eigenvalue weighted by Crippen LogP contribution is -2.06. The second-order valence-corrected chi connectivity index (χ2v) is 4.67. The summed E-state index contributed by atoms with van der Waals surface area (Å²) in [6.45, 7) is 4.25. The van der Waals surface area contributed by atoms with E-state index in [4.69, 9.17) is 5.73 Å². The zero-order chi connectivity index (χ0) is 12.3. The maximum absolute atomic E-state index is 5.48. The Labute approximate surface area is 105 Å². The van der Waals surface area contributed by atoms with Crippen LogP contribution in [0.1, 0.15) is 31.0 Å². The summed E-state index contributed by atoms with van der Waals surface area (Å²) in [7, 11) is 0. The molecule has 0 aliphatic heterocycles. The van der Waals surface area contributed by atoms with Crippen LogP contribution in [0.3, 0.4) is 0 Å². The predicted octanol–water partition coefficient (Wildman–Crippen LogP) is 2.86. The SMILES string of the molecule is CCc1ccc(C(C)Nc2nc(N)ns2)cc1. The molecule has 0 spiro atoms. The maximum atomic E-state index is 5.48. The number of nitrogens with one attached hydrogen (secondary N) is 1. The van der Waals surface area contributed by atoms with Crippen LogP contribution >= 0.6 is 11.5 Å². The molecule has 5 heteroatoms. The van der Waals surface area contributed by atoms with Crippen LogP contribution in [0.5, 0.6) is 0 Å². The van der Waals surface area contributed by atoms with Crippen molar-refractivity contribution in [3.63, 3.8) is 0 Å². The van der Waals surface area contributed by atoms with Crippen molar-refractivity contribution in [2.24, 2.45) is 0 Å². The summed E-state index contributed by atoms with van der Waals surface area (Å²) in [6.07, 6.45) is 1.06. The molecular formula is C12H16N4S. The van der Waals surface area contributed by atoms with Gasteiger partial charge in [0.05, 0.1) is 6.04 Å². The van der Waals surface area contributed by atoms with E-state index >= 15 is 0 Å². The summed E-state index contributed by atoms with van der Waals surface area (Å²) >= 11 is 1.28. The minimum absolute atomic E-state index is 0.202. The molecule has 0 aliphatic carbocycles. The first kappa shape index (κ1) is 11.9. The molecule has 90 valence electrons. The predicted molar refractivity (Wildman–Crippen MR) is 72.2 cm³/mol. The molecule has 2 aromatic rings. The monoisotopic (exact) mass is 248 g/mol. The molecule has 1 heterocycles. The Bertz CT molecular complexity index is 478. The van der Waals surface area contributed by atoms with E-state index in [-0.39, 0.29) is 6.04 Å². The van der Waals surface area contributed by atoms with Crippen LogP contribution < -0.4 is 11.1 Å². The lowest BCUT2D eigenvalue weighted by molar-refractivity contribution is 0.880. The van der Waals surface area contributed by atoms with Gasteiger partial charge >= 0.3 is 0 Å². The smallest absolute Gasteiger partial charge is 0.233 e. The van der Waals surface area contributed by atoms with Gasteiger partial charge in [0.2, 0.25) is 11.1 Å². The van der Waals surface area contributed by atoms with Crippen molar-refractivity contribution in [3.8, 4) is 0 Å². The fraction of sp³-hybridized carbons (Fsp3) is 0.333. The van der Waals surface area contributed by atoms with Crippen molar-refractivity contribution in [2.45, 2.75) is 26.3 Å². The molecule has 1 aromatic carbocycles. The molecule has 1 aromatic heterocycles. The van der Waals surface area contributed by atoms with Crippen molar-refractivity contribution in [3.05, 3.63) is 35.4 Å². The zero-order valence-electron chi connectivity index (χ0n) is 9.97. The molecule has 0 fully saturated rings. The largest absolute Gasteiger partial charge is 0.367 e. The third kappa shape index (κ3) is 2.94. The second-order valence-electron chi connectivity index (χ2n) is 3.92. The summed E-state index contributed by atoms with van der Waals surface area (Å²) in [4.78, 5) is 4.08. The van der Waals surface area contributed by atoms with Gasteiger partial charge in [-0.15, -0.1) is 0 Å². The third-order valence-electron chi connectivity index (χ3n) is 2.67. The number of hydrogen-bond acceptors (Lipinski definition) is 5. The van der Waals surface area contributed by atoms with Crippen LogP contribution in [0.4, 0.5) is 11.1 Å². The number of aryl methyl sites for hydroxylation is 1. The Balaban J connectivity index is 2.06. The second kappa shape index (κ2) is 5.14. The van der Waals surface area contributed by atoms with E-state index in [0.717, 1.165) is 11.6 Å².